The van der Waals surface area contributed by atoms with Gasteiger partial charge in [0.1, 0.15) is 0 Å². The van der Waals surface area contributed by atoms with E-state index in [0.29, 0.717) is 6.20 Å². The molecule has 2 unspecified atom stereocenters. The van der Waals surface area contributed by atoms with Crippen LogP contribution >= 0.6 is 23.2 Å². The Bertz CT molecular complexity index is 655. The molecule has 0 aliphatic heterocycles. The second kappa shape index (κ2) is 5.93. The first kappa shape index (κ1) is 16.8. The van der Waals surface area contributed by atoms with Crippen LogP contribution in [-0.2, 0) is 12.6 Å². The first-order chi connectivity index (χ1) is 10.1. The average molecular weight is 350 g/mol. The Morgan fingerprint density at radius 3 is 2.64 bits per heavy atom. The number of alkyl halides is 4. The lowest BCUT2D eigenvalue weighted by Crippen LogP contribution is -2.41. The molecule has 3 N–H and O–H groups in total. The van der Waals surface area contributed by atoms with Gasteiger partial charge in [0.25, 0.3) is 0 Å². The monoisotopic (exact) mass is 349 g/mol. The van der Waals surface area contributed by atoms with Gasteiger partial charge < -0.3 is 5.73 Å². The second-order valence-electron chi connectivity index (χ2n) is 4.93. The summed E-state index contributed by atoms with van der Waals surface area (Å²) in [6.45, 7) is 0. The van der Waals surface area contributed by atoms with Crippen molar-refractivity contribution < 1.29 is 13.2 Å². The maximum Gasteiger partial charge on any atom is 0.417 e. The molecule has 1 aliphatic rings. The van der Waals surface area contributed by atoms with Gasteiger partial charge in [-0.05, 0) is 6.07 Å². The fourth-order valence-corrected chi connectivity index (χ4v) is 2.82. The number of hydrogen-bond donors (Lipinski definition) is 2. The third-order valence-corrected chi connectivity index (χ3v) is 4.15. The highest BCUT2D eigenvalue weighted by Crippen LogP contribution is 2.37. The SMILES string of the molecule is N=C(N)C1C=CC=CC1(Cl)Cc1ncc(C(F)(F)F)cc1Cl. The van der Waals surface area contributed by atoms with Crippen molar-refractivity contribution in [1.82, 2.24) is 4.98 Å². The number of amidine groups is 1. The Kier molecular flexibility index (Phi) is 4.54. The topological polar surface area (TPSA) is 62.8 Å². The molecule has 0 spiro atoms. The number of halogens is 5. The number of aromatic nitrogens is 1. The second-order valence-corrected chi connectivity index (χ2v) is 6.04. The van der Waals surface area contributed by atoms with Crippen molar-refractivity contribution in [2.75, 3.05) is 0 Å². The summed E-state index contributed by atoms with van der Waals surface area (Å²) in [6.07, 6.45) is 2.94. The van der Waals surface area contributed by atoms with Crippen molar-refractivity contribution in [2.24, 2.45) is 11.7 Å². The van der Waals surface area contributed by atoms with Crippen molar-refractivity contribution in [3.63, 3.8) is 0 Å². The van der Waals surface area contributed by atoms with E-state index in [0.717, 1.165) is 6.07 Å². The molecule has 0 radical (unpaired) electrons. The van der Waals surface area contributed by atoms with Crippen molar-refractivity contribution in [1.29, 1.82) is 5.41 Å². The van der Waals surface area contributed by atoms with Gasteiger partial charge in [-0.2, -0.15) is 13.2 Å². The number of nitrogens with one attached hydrogen (secondary N) is 1. The predicted octanol–water partition coefficient (Wildman–Crippen LogP) is 3.95. The molecule has 0 saturated heterocycles. The lowest BCUT2D eigenvalue weighted by Gasteiger charge is -2.32. The van der Waals surface area contributed by atoms with Crippen LogP contribution < -0.4 is 5.73 Å². The lowest BCUT2D eigenvalue weighted by atomic mass is 9.83. The predicted molar refractivity (Wildman–Crippen MR) is 80.2 cm³/mol. The molecular weight excluding hydrogens is 338 g/mol. The highest BCUT2D eigenvalue weighted by molar-refractivity contribution is 6.31. The molecule has 0 aromatic carbocycles. The lowest BCUT2D eigenvalue weighted by molar-refractivity contribution is -0.137. The van der Waals surface area contributed by atoms with Crippen LogP contribution in [0.15, 0.2) is 36.6 Å². The van der Waals surface area contributed by atoms with Gasteiger partial charge >= 0.3 is 6.18 Å². The molecule has 0 saturated carbocycles. The van der Waals surface area contributed by atoms with Crippen LogP contribution in [0.5, 0.6) is 0 Å². The van der Waals surface area contributed by atoms with Crippen LogP contribution in [0.1, 0.15) is 11.3 Å². The third kappa shape index (κ3) is 3.44. The van der Waals surface area contributed by atoms with E-state index >= 15 is 0 Å². The summed E-state index contributed by atoms with van der Waals surface area (Å²) in [5.74, 6) is -0.724. The van der Waals surface area contributed by atoms with E-state index in [4.69, 9.17) is 34.3 Å². The maximum atomic E-state index is 12.6. The first-order valence-electron chi connectivity index (χ1n) is 6.24. The molecule has 3 nitrogen and oxygen atoms in total. The molecule has 0 bridgehead atoms. The summed E-state index contributed by atoms with van der Waals surface area (Å²) in [7, 11) is 0. The molecule has 1 aromatic heterocycles. The molecular formula is C14H12Cl2F3N3. The highest BCUT2D eigenvalue weighted by atomic mass is 35.5. The number of rotatable bonds is 3. The van der Waals surface area contributed by atoms with Crippen LogP contribution in [0.3, 0.4) is 0 Å². The summed E-state index contributed by atoms with van der Waals surface area (Å²) in [6, 6.07) is 0.815. The zero-order valence-corrected chi connectivity index (χ0v) is 12.7. The van der Waals surface area contributed by atoms with E-state index in [1.807, 2.05) is 0 Å². The van der Waals surface area contributed by atoms with Crippen LogP contribution in [-0.4, -0.2) is 15.7 Å². The number of nitrogens with two attached hydrogens (primary N) is 1. The summed E-state index contributed by atoms with van der Waals surface area (Å²) in [4.78, 5) is 2.69. The minimum absolute atomic E-state index is 0.0522. The highest BCUT2D eigenvalue weighted by Gasteiger charge is 2.38. The van der Waals surface area contributed by atoms with Gasteiger partial charge in [-0.1, -0.05) is 35.9 Å². The molecule has 1 heterocycles. The fraction of sp³-hybridized carbons (Fsp3) is 0.286. The Hall–Kier alpha value is -1.53. The van der Waals surface area contributed by atoms with Gasteiger partial charge in [0.05, 0.1) is 32.9 Å². The molecule has 0 fully saturated rings. The van der Waals surface area contributed by atoms with Crippen LogP contribution in [0.2, 0.25) is 5.02 Å². The van der Waals surface area contributed by atoms with Crippen LogP contribution in [0.4, 0.5) is 13.2 Å². The molecule has 1 aliphatic carbocycles. The zero-order valence-electron chi connectivity index (χ0n) is 11.2. The number of allylic oxidation sites excluding steroid dienone is 3. The summed E-state index contributed by atoms with van der Waals surface area (Å²) >= 11 is 12.4. The van der Waals surface area contributed by atoms with E-state index in [9.17, 15) is 13.2 Å². The number of hydrogen-bond acceptors (Lipinski definition) is 2. The van der Waals surface area contributed by atoms with E-state index in [2.05, 4.69) is 4.98 Å². The minimum atomic E-state index is -4.51. The van der Waals surface area contributed by atoms with E-state index < -0.39 is 22.5 Å². The van der Waals surface area contributed by atoms with E-state index in [1.165, 1.54) is 0 Å². The number of pyridine rings is 1. The van der Waals surface area contributed by atoms with Gasteiger partial charge in [-0.3, -0.25) is 10.4 Å². The zero-order chi connectivity index (χ0) is 16.5. The maximum absolute atomic E-state index is 12.6. The van der Waals surface area contributed by atoms with Crippen LogP contribution in [0, 0.1) is 11.3 Å². The molecule has 118 valence electrons. The van der Waals surface area contributed by atoms with Gasteiger partial charge in [0.2, 0.25) is 0 Å². The van der Waals surface area contributed by atoms with Gasteiger partial charge in [0.15, 0.2) is 0 Å². The number of nitrogens with zero attached hydrogens (tertiary/aromatic N) is 1. The van der Waals surface area contributed by atoms with Crippen molar-refractivity contribution in [3.8, 4) is 0 Å². The Morgan fingerprint density at radius 2 is 2.09 bits per heavy atom. The van der Waals surface area contributed by atoms with Crippen molar-refractivity contribution >= 4 is 29.0 Å². The molecule has 8 heteroatoms. The molecule has 0 amide bonds. The fourth-order valence-electron chi connectivity index (χ4n) is 2.19. The Morgan fingerprint density at radius 1 is 1.41 bits per heavy atom. The Labute approximate surface area is 135 Å². The summed E-state index contributed by atoms with van der Waals surface area (Å²) in [5, 5.41) is 7.46. The van der Waals surface area contributed by atoms with Crippen molar-refractivity contribution in [2.45, 2.75) is 17.5 Å². The quantitative estimate of drug-likeness (QED) is 0.493. The summed E-state index contributed by atoms with van der Waals surface area (Å²) < 4.78 is 37.8. The van der Waals surface area contributed by atoms with E-state index in [1.54, 1.807) is 24.3 Å². The molecule has 2 rings (SSSR count). The van der Waals surface area contributed by atoms with Gasteiger partial charge in [0, 0.05) is 12.6 Å². The van der Waals surface area contributed by atoms with Gasteiger partial charge in [-0.25, -0.2) is 0 Å². The standard InChI is InChI=1S/C14H12Cl2F3N3/c15-10-5-8(14(17,18)19)7-22-11(10)6-13(16)4-2-1-3-9(13)12(20)21/h1-5,7,9H,6H2,(H3,20,21). The Balaban J connectivity index is 2.32. The largest absolute Gasteiger partial charge is 0.417 e. The minimum Gasteiger partial charge on any atom is -0.387 e. The molecule has 2 atom stereocenters. The van der Waals surface area contributed by atoms with E-state index in [-0.39, 0.29) is 23.0 Å². The molecule has 1 aromatic rings. The first-order valence-corrected chi connectivity index (χ1v) is 6.99. The normalized spacial score (nSPS) is 24.5. The third-order valence-electron chi connectivity index (χ3n) is 3.32. The smallest absolute Gasteiger partial charge is 0.387 e. The van der Waals surface area contributed by atoms with Gasteiger partial charge in [-0.15, -0.1) is 11.6 Å². The molecule has 22 heavy (non-hydrogen) atoms. The average Bonchev–Trinajstić information content (AvgIpc) is 2.39. The summed E-state index contributed by atoms with van der Waals surface area (Å²) in [5.41, 5.74) is 4.82. The van der Waals surface area contributed by atoms with Crippen molar-refractivity contribution in [3.05, 3.63) is 52.8 Å². The van der Waals surface area contributed by atoms with Crippen LogP contribution in [0.25, 0.3) is 0 Å².